The highest BCUT2D eigenvalue weighted by Crippen LogP contribution is 2.24. The van der Waals surface area contributed by atoms with Crippen LogP contribution in [0.5, 0.6) is 0 Å². The summed E-state index contributed by atoms with van der Waals surface area (Å²) in [4.78, 5) is 38.7. The summed E-state index contributed by atoms with van der Waals surface area (Å²) >= 11 is 0. The van der Waals surface area contributed by atoms with Crippen molar-refractivity contribution in [2.75, 3.05) is 6.54 Å². The molecule has 1 aliphatic rings. The van der Waals surface area contributed by atoms with Crippen LogP contribution in [0, 0.1) is 0 Å². The van der Waals surface area contributed by atoms with Crippen LogP contribution in [0.1, 0.15) is 36.0 Å². The number of carbonyl (C=O) groups is 2. The van der Waals surface area contributed by atoms with Gasteiger partial charge < -0.3 is 15.6 Å². The quantitative estimate of drug-likeness (QED) is 0.814. The zero-order valence-corrected chi connectivity index (χ0v) is 10.6. The van der Waals surface area contributed by atoms with Crippen molar-refractivity contribution in [2.45, 2.75) is 31.7 Å². The number of primary amides is 1. The second-order valence-electron chi connectivity index (χ2n) is 4.78. The molecule has 0 aromatic carbocycles. The largest absolute Gasteiger partial charge is 0.368 e. The van der Waals surface area contributed by atoms with E-state index in [0.29, 0.717) is 0 Å². The standard InChI is InChI=1S/C13H17N3O3/c14-11(17)8-16(10-3-1-2-4-10)13(19)9-5-6-15-12(18)7-9/h5-7,10H,1-4,8H2,(H2,14,17)(H,15,18). The number of aromatic amines is 1. The van der Waals surface area contributed by atoms with Gasteiger partial charge in [-0.3, -0.25) is 14.4 Å². The van der Waals surface area contributed by atoms with Crippen LogP contribution in [-0.4, -0.2) is 34.3 Å². The summed E-state index contributed by atoms with van der Waals surface area (Å²) < 4.78 is 0. The molecule has 0 unspecified atom stereocenters. The van der Waals surface area contributed by atoms with Gasteiger partial charge in [0.15, 0.2) is 0 Å². The minimum atomic E-state index is -0.537. The highest BCUT2D eigenvalue weighted by atomic mass is 16.2. The first-order valence-corrected chi connectivity index (χ1v) is 6.36. The third-order valence-electron chi connectivity index (χ3n) is 3.37. The maximum absolute atomic E-state index is 12.4. The molecule has 1 aromatic heterocycles. The minimum Gasteiger partial charge on any atom is -0.368 e. The van der Waals surface area contributed by atoms with E-state index in [4.69, 9.17) is 5.73 Å². The molecule has 0 spiro atoms. The second kappa shape index (κ2) is 5.69. The summed E-state index contributed by atoms with van der Waals surface area (Å²) in [6, 6.07) is 2.82. The molecule has 0 atom stereocenters. The van der Waals surface area contributed by atoms with Gasteiger partial charge in [-0.05, 0) is 18.9 Å². The Balaban J connectivity index is 2.24. The maximum atomic E-state index is 12.4. The van der Waals surface area contributed by atoms with E-state index in [1.54, 1.807) is 0 Å². The molecule has 0 bridgehead atoms. The minimum absolute atomic E-state index is 0.0410. The lowest BCUT2D eigenvalue weighted by Gasteiger charge is -2.27. The highest BCUT2D eigenvalue weighted by molar-refractivity contribution is 5.96. The Morgan fingerprint density at radius 2 is 2.05 bits per heavy atom. The predicted octanol–water partition coefficient (Wildman–Crippen LogP) is 0.245. The van der Waals surface area contributed by atoms with Crippen LogP contribution in [0.3, 0.4) is 0 Å². The third kappa shape index (κ3) is 3.21. The number of aromatic nitrogens is 1. The van der Waals surface area contributed by atoms with Gasteiger partial charge in [-0.2, -0.15) is 0 Å². The van der Waals surface area contributed by atoms with Crippen molar-refractivity contribution >= 4 is 11.8 Å². The highest BCUT2D eigenvalue weighted by Gasteiger charge is 2.28. The number of rotatable bonds is 4. The number of hydrogen-bond donors (Lipinski definition) is 2. The van der Waals surface area contributed by atoms with Gasteiger partial charge in [-0.25, -0.2) is 0 Å². The van der Waals surface area contributed by atoms with Gasteiger partial charge in [0.1, 0.15) is 0 Å². The molecule has 0 radical (unpaired) electrons. The maximum Gasteiger partial charge on any atom is 0.254 e. The summed E-state index contributed by atoms with van der Waals surface area (Å²) in [5.74, 6) is -0.845. The van der Waals surface area contributed by atoms with Crippen LogP contribution < -0.4 is 11.3 Å². The Morgan fingerprint density at radius 3 is 2.63 bits per heavy atom. The fourth-order valence-corrected chi connectivity index (χ4v) is 2.49. The van der Waals surface area contributed by atoms with Gasteiger partial charge in [-0.1, -0.05) is 12.8 Å². The summed E-state index contributed by atoms with van der Waals surface area (Å²) in [5, 5.41) is 0. The smallest absolute Gasteiger partial charge is 0.254 e. The van der Waals surface area contributed by atoms with E-state index in [1.807, 2.05) is 0 Å². The van der Waals surface area contributed by atoms with Crippen molar-refractivity contribution in [3.05, 3.63) is 34.2 Å². The number of nitrogens with one attached hydrogen (secondary N) is 1. The van der Waals surface area contributed by atoms with Crippen LogP contribution in [0.25, 0.3) is 0 Å². The molecule has 19 heavy (non-hydrogen) atoms. The summed E-state index contributed by atoms with van der Waals surface area (Å²) in [6.45, 7) is -0.101. The predicted molar refractivity (Wildman–Crippen MR) is 69.5 cm³/mol. The molecule has 0 saturated heterocycles. The molecular weight excluding hydrogens is 246 g/mol. The number of amides is 2. The molecule has 1 aliphatic carbocycles. The molecule has 6 heteroatoms. The molecule has 1 fully saturated rings. The lowest BCUT2D eigenvalue weighted by molar-refractivity contribution is -0.119. The van der Waals surface area contributed by atoms with Crippen molar-refractivity contribution in [2.24, 2.45) is 5.73 Å². The number of nitrogens with two attached hydrogens (primary N) is 1. The zero-order valence-electron chi connectivity index (χ0n) is 10.6. The van der Waals surface area contributed by atoms with E-state index >= 15 is 0 Å². The first-order chi connectivity index (χ1) is 9.08. The number of pyridine rings is 1. The molecule has 2 amide bonds. The SMILES string of the molecule is NC(=O)CN(C(=O)c1cc[nH]c(=O)c1)C1CCCC1. The van der Waals surface area contributed by atoms with Gasteiger partial charge in [0, 0.05) is 23.9 Å². The Labute approximate surface area is 110 Å². The molecule has 1 aromatic rings. The molecule has 1 saturated carbocycles. The lowest BCUT2D eigenvalue weighted by Crippen LogP contribution is -2.44. The fraction of sp³-hybridized carbons (Fsp3) is 0.462. The van der Waals surface area contributed by atoms with Gasteiger partial charge in [-0.15, -0.1) is 0 Å². The number of hydrogen-bond acceptors (Lipinski definition) is 3. The van der Waals surface area contributed by atoms with Crippen molar-refractivity contribution in [3.63, 3.8) is 0 Å². The normalized spacial score (nSPS) is 15.4. The van der Waals surface area contributed by atoms with Crippen molar-refractivity contribution in [1.29, 1.82) is 0 Å². The summed E-state index contributed by atoms with van der Waals surface area (Å²) in [5.41, 5.74) is 5.16. The fourth-order valence-electron chi connectivity index (χ4n) is 2.49. The molecule has 3 N–H and O–H groups in total. The van der Waals surface area contributed by atoms with Crippen molar-refractivity contribution in [3.8, 4) is 0 Å². The average Bonchev–Trinajstić information content (AvgIpc) is 2.88. The third-order valence-corrected chi connectivity index (χ3v) is 3.37. The van der Waals surface area contributed by atoms with Gasteiger partial charge >= 0.3 is 0 Å². The van der Waals surface area contributed by atoms with Gasteiger partial charge in [0.25, 0.3) is 5.91 Å². The van der Waals surface area contributed by atoms with Crippen LogP contribution in [0.15, 0.2) is 23.1 Å². The molecule has 6 nitrogen and oxygen atoms in total. The first-order valence-electron chi connectivity index (χ1n) is 6.36. The van der Waals surface area contributed by atoms with E-state index in [-0.39, 0.29) is 29.6 Å². The first kappa shape index (κ1) is 13.3. The van der Waals surface area contributed by atoms with E-state index in [1.165, 1.54) is 23.2 Å². The topological polar surface area (TPSA) is 96.3 Å². The Morgan fingerprint density at radius 1 is 1.37 bits per heavy atom. The molecule has 1 heterocycles. The van der Waals surface area contributed by atoms with Crippen molar-refractivity contribution < 1.29 is 9.59 Å². The monoisotopic (exact) mass is 263 g/mol. The summed E-state index contributed by atoms with van der Waals surface area (Å²) in [7, 11) is 0. The van der Waals surface area contributed by atoms with Crippen LogP contribution >= 0.6 is 0 Å². The molecule has 102 valence electrons. The average molecular weight is 263 g/mol. The Kier molecular flexibility index (Phi) is 3.99. The molecule has 0 aliphatic heterocycles. The van der Waals surface area contributed by atoms with E-state index in [9.17, 15) is 14.4 Å². The van der Waals surface area contributed by atoms with Crippen LogP contribution in [0.2, 0.25) is 0 Å². The second-order valence-corrected chi connectivity index (χ2v) is 4.78. The number of nitrogens with zero attached hydrogens (tertiary/aromatic N) is 1. The van der Waals surface area contributed by atoms with E-state index in [2.05, 4.69) is 4.98 Å². The van der Waals surface area contributed by atoms with Crippen molar-refractivity contribution in [1.82, 2.24) is 9.88 Å². The summed E-state index contributed by atoms with van der Waals surface area (Å²) in [6.07, 6.45) is 5.27. The lowest BCUT2D eigenvalue weighted by atomic mass is 10.1. The molecule has 2 rings (SSSR count). The van der Waals surface area contributed by atoms with E-state index < -0.39 is 5.91 Å². The number of H-pyrrole nitrogens is 1. The Hall–Kier alpha value is -2.11. The zero-order chi connectivity index (χ0) is 13.8. The van der Waals surface area contributed by atoms with Gasteiger partial charge in [0.2, 0.25) is 11.5 Å². The van der Waals surface area contributed by atoms with E-state index in [0.717, 1.165) is 25.7 Å². The Bertz CT molecular complexity index is 532. The van der Waals surface area contributed by atoms with Crippen LogP contribution in [0.4, 0.5) is 0 Å². The van der Waals surface area contributed by atoms with Crippen LogP contribution in [-0.2, 0) is 4.79 Å². The molecular formula is C13H17N3O3. The van der Waals surface area contributed by atoms with Gasteiger partial charge in [0.05, 0.1) is 6.54 Å². The number of carbonyl (C=O) groups excluding carboxylic acids is 2.